The maximum Gasteiger partial charge on any atom is 0.419 e. The van der Waals surface area contributed by atoms with Gasteiger partial charge in [0, 0.05) is 51.1 Å². The van der Waals surface area contributed by atoms with Gasteiger partial charge in [-0.15, -0.1) is 0 Å². The number of hydrogen-bond acceptors (Lipinski definition) is 4. The van der Waals surface area contributed by atoms with Gasteiger partial charge in [0.15, 0.2) is 0 Å². The molecule has 2 fully saturated rings. The zero-order chi connectivity index (χ0) is 28.2. The molecule has 39 heavy (non-hydrogen) atoms. The van der Waals surface area contributed by atoms with Crippen LogP contribution in [0.15, 0.2) is 36.4 Å². The zero-order valence-electron chi connectivity index (χ0n) is 21.8. The van der Waals surface area contributed by atoms with E-state index < -0.39 is 17.6 Å². The van der Waals surface area contributed by atoms with E-state index in [2.05, 4.69) is 4.90 Å². The average Bonchev–Trinajstić information content (AvgIpc) is 3.34. The van der Waals surface area contributed by atoms with E-state index in [-0.39, 0.29) is 24.4 Å². The fraction of sp³-hybridized carbons (Fsp3) is 0.536. The molecular weight excluding hydrogens is 557 g/mol. The summed E-state index contributed by atoms with van der Waals surface area (Å²) < 4.78 is 58.6. The van der Waals surface area contributed by atoms with Crippen molar-refractivity contribution >= 4 is 29.1 Å². The lowest BCUT2D eigenvalue weighted by Gasteiger charge is -2.29. The topological polar surface area (TPSA) is 36.0 Å². The molecule has 0 aliphatic carbocycles. The second-order valence-corrected chi connectivity index (χ2v) is 11.1. The van der Waals surface area contributed by atoms with E-state index in [1.165, 1.54) is 6.07 Å². The molecule has 0 unspecified atom stereocenters. The SMILES string of the molecule is CN(Cc1ccc(C(F)(F)F)c(F)c1)[C@@H]1CN(C(=O)CCCCN2CCOCC2)C[C@@H]1c1ccc(Cl)c(Cl)c1. The molecule has 2 atom stereocenters. The summed E-state index contributed by atoms with van der Waals surface area (Å²) in [6.07, 6.45) is -2.59. The molecule has 0 saturated carbocycles. The Hall–Kier alpha value is -1.91. The summed E-state index contributed by atoms with van der Waals surface area (Å²) in [5.41, 5.74) is 0.0556. The van der Waals surface area contributed by atoms with Gasteiger partial charge in [-0.2, -0.15) is 13.2 Å². The molecule has 1 amide bonds. The number of benzene rings is 2. The summed E-state index contributed by atoms with van der Waals surface area (Å²) in [6.45, 7) is 5.43. The van der Waals surface area contributed by atoms with Crippen molar-refractivity contribution in [1.82, 2.24) is 14.7 Å². The Morgan fingerprint density at radius 1 is 1.05 bits per heavy atom. The van der Waals surface area contributed by atoms with Gasteiger partial charge in [-0.3, -0.25) is 14.6 Å². The quantitative estimate of drug-likeness (QED) is 0.262. The van der Waals surface area contributed by atoms with Crippen LogP contribution < -0.4 is 0 Å². The molecule has 0 spiro atoms. The molecule has 2 saturated heterocycles. The highest BCUT2D eigenvalue weighted by Crippen LogP contribution is 2.36. The molecule has 0 radical (unpaired) electrons. The molecule has 11 heteroatoms. The molecule has 2 aromatic rings. The van der Waals surface area contributed by atoms with Gasteiger partial charge in [-0.05, 0) is 61.8 Å². The van der Waals surface area contributed by atoms with Gasteiger partial charge in [-0.1, -0.05) is 35.3 Å². The van der Waals surface area contributed by atoms with Gasteiger partial charge in [0.05, 0.1) is 28.8 Å². The molecule has 0 bridgehead atoms. The molecule has 2 heterocycles. The van der Waals surface area contributed by atoms with Gasteiger partial charge < -0.3 is 9.64 Å². The molecular formula is C28H33Cl2F4N3O2. The zero-order valence-corrected chi connectivity index (χ0v) is 23.3. The first-order chi connectivity index (χ1) is 18.5. The number of alkyl halides is 3. The smallest absolute Gasteiger partial charge is 0.379 e. The standard InChI is InChI=1S/C28H33Cl2F4N3O2/c1-35(16-19-5-7-22(25(31)14-19)28(32,33)34)26-18-37(17-21(26)20-6-8-23(29)24(30)15-20)27(38)4-2-3-9-36-10-12-39-13-11-36/h5-8,14-15,21,26H,2-4,9-13,16-18H2,1H3/t21-,26-/m1/s1. The second-order valence-electron chi connectivity index (χ2n) is 10.3. The summed E-state index contributed by atoms with van der Waals surface area (Å²) in [5, 5.41) is 0.838. The number of carbonyl (C=O) groups is 1. The third-order valence-electron chi connectivity index (χ3n) is 7.57. The molecule has 5 nitrogen and oxygen atoms in total. The summed E-state index contributed by atoms with van der Waals surface area (Å²) in [6, 6.07) is 8.25. The average molecular weight is 590 g/mol. The lowest BCUT2D eigenvalue weighted by Crippen LogP contribution is -2.38. The molecule has 2 aromatic carbocycles. The highest BCUT2D eigenvalue weighted by atomic mass is 35.5. The number of amides is 1. The van der Waals surface area contributed by atoms with Crippen LogP contribution in [0.4, 0.5) is 17.6 Å². The maximum absolute atomic E-state index is 14.2. The minimum atomic E-state index is -4.75. The highest BCUT2D eigenvalue weighted by Gasteiger charge is 2.39. The minimum absolute atomic E-state index is 0.0681. The number of likely N-dealkylation sites (N-methyl/N-ethyl adjacent to an activating group) is 1. The van der Waals surface area contributed by atoms with Crippen molar-refractivity contribution in [2.75, 3.05) is 53.0 Å². The third-order valence-corrected chi connectivity index (χ3v) is 8.31. The van der Waals surface area contributed by atoms with Crippen LogP contribution in [0.3, 0.4) is 0 Å². The first kappa shape index (κ1) is 30.1. The first-order valence-electron chi connectivity index (χ1n) is 13.1. The maximum atomic E-state index is 14.2. The van der Waals surface area contributed by atoms with Crippen molar-refractivity contribution in [3.8, 4) is 0 Å². The number of rotatable bonds is 9. The third kappa shape index (κ3) is 7.85. The Morgan fingerprint density at radius 2 is 1.79 bits per heavy atom. The van der Waals surface area contributed by atoms with Gasteiger partial charge in [0.25, 0.3) is 0 Å². The van der Waals surface area contributed by atoms with Gasteiger partial charge >= 0.3 is 6.18 Å². The van der Waals surface area contributed by atoms with Crippen LogP contribution in [0.1, 0.15) is 41.9 Å². The molecule has 2 aliphatic heterocycles. The molecule has 4 rings (SSSR count). The van der Waals surface area contributed by atoms with Crippen LogP contribution in [-0.4, -0.2) is 79.6 Å². The number of nitrogens with zero attached hydrogens (tertiary/aromatic N) is 3. The number of morpholine rings is 1. The number of ether oxygens (including phenoxy) is 1. The number of hydrogen-bond donors (Lipinski definition) is 0. The van der Waals surface area contributed by atoms with Crippen LogP contribution in [0.5, 0.6) is 0 Å². The summed E-state index contributed by atoms with van der Waals surface area (Å²) in [5.74, 6) is -1.32. The Bertz CT molecular complexity index is 1140. The number of unbranched alkanes of at least 4 members (excludes halogenated alkanes) is 1. The van der Waals surface area contributed by atoms with Gasteiger partial charge in [0.2, 0.25) is 5.91 Å². The number of carbonyl (C=O) groups excluding carboxylic acids is 1. The monoisotopic (exact) mass is 589 g/mol. The van der Waals surface area contributed by atoms with E-state index in [0.717, 1.165) is 63.4 Å². The Kier molecular flexibility index (Phi) is 10.1. The van der Waals surface area contributed by atoms with E-state index in [0.29, 0.717) is 35.1 Å². The normalized spacial score (nSPS) is 20.7. The highest BCUT2D eigenvalue weighted by molar-refractivity contribution is 6.42. The van der Waals surface area contributed by atoms with Crippen molar-refractivity contribution in [3.05, 3.63) is 69.0 Å². The molecule has 214 valence electrons. The van der Waals surface area contributed by atoms with Crippen LogP contribution in [0.25, 0.3) is 0 Å². The fourth-order valence-electron chi connectivity index (χ4n) is 5.39. The lowest BCUT2D eigenvalue weighted by atomic mass is 9.93. The van der Waals surface area contributed by atoms with E-state index in [1.54, 1.807) is 12.1 Å². The van der Waals surface area contributed by atoms with Crippen LogP contribution in [-0.2, 0) is 22.3 Å². The predicted octanol–water partition coefficient (Wildman–Crippen LogP) is 6.08. The Balaban J connectivity index is 1.43. The Labute approximate surface area is 236 Å². The van der Waals surface area contributed by atoms with Crippen LogP contribution in [0.2, 0.25) is 10.0 Å². The fourth-order valence-corrected chi connectivity index (χ4v) is 5.70. The van der Waals surface area contributed by atoms with E-state index in [9.17, 15) is 22.4 Å². The van der Waals surface area contributed by atoms with E-state index in [4.69, 9.17) is 27.9 Å². The van der Waals surface area contributed by atoms with Crippen molar-refractivity contribution in [3.63, 3.8) is 0 Å². The summed E-state index contributed by atoms with van der Waals surface area (Å²) in [4.78, 5) is 19.3. The minimum Gasteiger partial charge on any atom is -0.379 e. The van der Waals surface area contributed by atoms with Gasteiger partial charge in [0.1, 0.15) is 5.82 Å². The molecule has 0 N–H and O–H groups in total. The second kappa shape index (κ2) is 13.2. The summed E-state index contributed by atoms with van der Waals surface area (Å²) in [7, 11) is 1.83. The van der Waals surface area contributed by atoms with Crippen molar-refractivity contribution in [2.24, 2.45) is 0 Å². The Morgan fingerprint density at radius 3 is 2.46 bits per heavy atom. The summed E-state index contributed by atoms with van der Waals surface area (Å²) >= 11 is 12.4. The van der Waals surface area contributed by atoms with Crippen molar-refractivity contribution in [1.29, 1.82) is 0 Å². The first-order valence-corrected chi connectivity index (χ1v) is 13.9. The van der Waals surface area contributed by atoms with Gasteiger partial charge in [-0.25, -0.2) is 4.39 Å². The van der Waals surface area contributed by atoms with Crippen molar-refractivity contribution < 1.29 is 27.1 Å². The lowest BCUT2D eigenvalue weighted by molar-refractivity contribution is -0.140. The largest absolute Gasteiger partial charge is 0.419 e. The molecule has 2 aliphatic rings. The van der Waals surface area contributed by atoms with Crippen LogP contribution >= 0.6 is 23.2 Å². The van der Waals surface area contributed by atoms with E-state index in [1.807, 2.05) is 22.9 Å². The number of halogens is 6. The van der Waals surface area contributed by atoms with E-state index >= 15 is 0 Å². The number of likely N-dealkylation sites (tertiary alicyclic amines) is 1. The molecule has 0 aromatic heterocycles. The van der Waals surface area contributed by atoms with Crippen LogP contribution in [0, 0.1) is 5.82 Å². The predicted molar refractivity (Wildman–Crippen MR) is 144 cm³/mol. The van der Waals surface area contributed by atoms with Crippen molar-refractivity contribution in [2.45, 2.75) is 43.9 Å².